The Labute approximate surface area is 85.5 Å². The lowest BCUT2D eigenvalue weighted by Crippen LogP contribution is -2.28. The summed E-state index contributed by atoms with van der Waals surface area (Å²) in [4.78, 5) is 0. The van der Waals surface area contributed by atoms with Gasteiger partial charge in [0.05, 0.1) is 6.61 Å². The van der Waals surface area contributed by atoms with Gasteiger partial charge in [-0.15, -0.1) is 0 Å². The number of hydrogen-bond donors (Lipinski definition) is 1. The fourth-order valence-electron chi connectivity index (χ4n) is 1.56. The molecule has 0 aliphatic rings. The molecule has 1 N–H and O–H groups in total. The van der Waals surface area contributed by atoms with Gasteiger partial charge in [0.2, 0.25) is 0 Å². The predicted octanol–water partition coefficient (Wildman–Crippen LogP) is 2.24. The van der Waals surface area contributed by atoms with E-state index in [0.717, 1.165) is 11.1 Å². The molecule has 0 saturated heterocycles. The van der Waals surface area contributed by atoms with Crippen molar-refractivity contribution in [3.63, 3.8) is 0 Å². The topological polar surface area (TPSA) is 29.5 Å². The van der Waals surface area contributed by atoms with Crippen LogP contribution in [0.5, 0.6) is 0 Å². The van der Waals surface area contributed by atoms with Crippen molar-refractivity contribution in [2.24, 2.45) is 0 Å². The van der Waals surface area contributed by atoms with Gasteiger partial charge in [-0.3, -0.25) is 0 Å². The smallest absolute Gasteiger partial charge is 0.110 e. The summed E-state index contributed by atoms with van der Waals surface area (Å²) < 4.78 is 5.26. The van der Waals surface area contributed by atoms with Crippen LogP contribution in [0.15, 0.2) is 24.3 Å². The standard InChI is InChI=1S/C12H18O2/c1-4-14-9-12(3,13)11-8-6-5-7-10(11)2/h5-8,13H,4,9H2,1-3H3. The molecule has 0 spiro atoms. The Morgan fingerprint density at radius 3 is 2.57 bits per heavy atom. The maximum atomic E-state index is 10.2. The fraction of sp³-hybridized carbons (Fsp3) is 0.500. The van der Waals surface area contributed by atoms with Crippen LogP contribution in [0.1, 0.15) is 25.0 Å². The van der Waals surface area contributed by atoms with E-state index >= 15 is 0 Å². The third kappa shape index (κ3) is 2.56. The molecule has 2 nitrogen and oxygen atoms in total. The largest absolute Gasteiger partial charge is 0.383 e. The molecule has 1 aromatic rings. The number of hydrogen-bond acceptors (Lipinski definition) is 2. The van der Waals surface area contributed by atoms with Crippen molar-refractivity contribution in [2.45, 2.75) is 26.4 Å². The van der Waals surface area contributed by atoms with E-state index in [9.17, 15) is 5.11 Å². The molecular weight excluding hydrogens is 176 g/mol. The Bertz CT molecular complexity index is 292. The maximum absolute atomic E-state index is 10.2. The molecule has 0 fully saturated rings. The zero-order valence-corrected chi connectivity index (χ0v) is 9.08. The number of aryl methyl sites for hydroxylation is 1. The molecule has 78 valence electrons. The van der Waals surface area contributed by atoms with E-state index < -0.39 is 5.60 Å². The first-order chi connectivity index (χ1) is 6.58. The second-order valence-electron chi connectivity index (χ2n) is 3.73. The Morgan fingerprint density at radius 2 is 2.00 bits per heavy atom. The van der Waals surface area contributed by atoms with Crippen molar-refractivity contribution in [3.05, 3.63) is 35.4 Å². The first kappa shape index (κ1) is 11.2. The van der Waals surface area contributed by atoms with Crippen molar-refractivity contribution >= 4 is 0 Å². The zero-order valence-electron chi connectivity index (χ0n) is 9.08. The molecule has 2 heteroatoms. The van der Waals surface area contributed by atoms with Crippen LogP contribution >= 0.6 is 0 Å². The van der Waals surface area contributed by atoms with Crippen LogP contribution in [0.3, 0.4) is 0 Å². The molecule has 1 rings (SSSR count). The van der Waals surface area contributed by atoms with Crippen LogP contribution in [0.4, 0.5) is 0 Å². The quantitative estimate of drug-likeness (QED) is 0.796. The summed E-state index contributed by atoms with van der Waals surface area (Å²) in [6.45, 7) is 6.67. The number of benzene rings is 1. The first-order valence-electron chi connectivity index (χ1n) is 4.94. The average molecular weight is 194 g/mol. The maximum Gasteiger partial charge on any atom is 0.110 e. The summed E-state index contributed by atoms with van der Waals surface area (Å²) in [5, 5.41) is 10.2. The van der Waals surface area contributed by atoms with Gasteiger partial charge in [-0.05, 0) is 31.9 Å². The summed E-state index contributed by atoms with van der Waals surface area (Å²) in [7, 11) is 0. The molecule has 0 aliphatic carbocycles. The highest BCUT2D eigenvalue weighted by molar-refractivity contribution is 5.30. The molecule has 14 heavy (non-hydrogen) atoms. The lowest BCUT2D eigenvalue weighted by molar-refractivity contribution is -0.0347. The SMILES string of the molecule is CCOCC(C)(O)c1ccccc1C. The number of rotatable bonds is 4. The molecule has 0 radical (unpaired) electrons. The molecule has 0 saturated carbocycles. The predicted molar refractivity (Wildman–Crippen MR) is 57.2 cm³/mol. The van der Waals surface area contributed by atoms with Gasteiger partial charge >= 0.3 is 0 Å². The van der Waals surface area contributed by atoms with Crippen molar-refractivity contribution < 1.29 is 9.84 Å². The Morgan fingerprint density at radius 1 is 1.36 bits per heavy atom. The van der Waals surface area contributed by atoms with E-state index in [2.05, 4.69) is 0 Å². The van der Waals surface area contributed by atoms with Gasteiger partial charge in [-0.25, -0.2) is 0 Å². The summed E-state index contributed by atoms with van der Waals surface area (Å²) >= 11 is 0. The third-order valence-corrected chi connectivity index (χ3v) is 2.31. The van der Waals surface area contributed by atoms with Crippen LogP contribution in [-0.4, -0.2) is 18.3 Å². The van der Waals surface area contributed by atoms with E-state index in [4.69, 9.17) is 4.74 Å². The Hall–Kier alpha value is -0.860. The van der Waals surface area contributed by atoms with Crippen LogP contribution in [0, 0.1) is 6.92 Å². The monoisotopic (exact) mass is 194 g/mol. The summed E-state index contributed by atoms with van der Waals surface area (Å²) in [5.74, 6) is 0. The second kappa shape index (κ2) is 4.58. The van der Waals surface area contributed by atoms with Crippen molar-refractivity contribution in [2.75, 3.05) is 13.2 Å². The minimum atomic E-state index is -0.888. The molecule has 1 unspecified atom stereocenters. The molecule has 1 aromatic carbocycles. The average Bonchev–Trinajstić information content (AvgIpc) is 2.15. The lowest BCUT2D eigenvalue weighted by atomic mass is 9.93. The van der Waals surface area contributed by atoms with Gasteiger partial charge in [0.25, 0.3) is 0 Å². The van der Waals surface area contributed by atoms with Gasteiger partial charge in [-0.1, -0.05) is 24.3 Å². The fourth-order valence-corrected chi connectivity index (χ4v) is 1.56. The van der Waals surface area contributed by atoms with E-state index in [1.165, 1.54) is 0 Å². The minimum Gasteiger partial charge on any atom is -0.383 e. The van der Waals surface area contributed by atoms with E-state index in [-0.39, 0.29) is 0 Å². The van der Waals surface area contributed by atoms with Crippen LogP contribution in [0.25, 0.3) is 0 Å². The molecule has 0 heterocycles. The van der Waals surface area contributed by atoms with Gasteiger partial charge in [0.1, 0.15) is 5.60 Å². The lowest BCUT2D eigenvalue weighted by Gasteiger charge is -2.25. The summed E-state index contributed by atoms with van der Waals surface area (Å²) in [5.41, 5.74) is 1.15. The van der Waals surface area contributed by atoms with E-state index in [1.54, 1.807) is 6.92 Å². The van der Waals surface area contributed by atoms with Crippen molar-refractivity contribution in [1.29, 1.82) is 0 Å². The minimum absolute atomic E-state index is 0.342. The van der Waals surface area contributed by atoms with Gasteiger partial charge in [0.15, 0.2) is 0 Å². The van der Waals surface area contributed by atoms with Crippen LogP contribution < -0.4 is 0 Å². The highest BCUT2D eigenvalue weighted by Gasteiger charge is 2.24. The van der Waals surface area contributed by atoms with Gasteiger partial charge in [0, 0.05) is 6.61 Å². The van der Waals surface area contributed by atoms with Crippen LogP contribution in [0.2, 0.25) is 0 Å². The third-order valence-electron chi connectivity index (χ3n) is 2.31. The molecule has 0 bridgehead atoms. The zero-order chi connectivity index (χ0) is 10.6. The van der Waals surface area contributed by atoms with Crippen LogP contribution in [-0.2, 0) is 10.3 Å². The van der Waals surface area contributed by atoms with E-state index in [1.807, 2.05) is 38.1 Å². The number of ether oxygens (including phenoxy) is 1. The van der Waals surface area contributed by atoms with Gasteiger partial charge < -0.3 is 9.84 Å². The molecule has 1 atom stereocenters. The first-order valence-corrected chi connectivity index (χ1v) is 4.94. The summed E-state index contributed by atoms with van der Waals surface area (Å²) in [6.07, 6.45) is 0. The highest BCUT2D eigenvalue weighted by atomic mass is 16.5. The van der Waals surface area contributed by atoms with Crippen molar-refractivity contribution in [3.8, 4) is 0 Å². The molecule has 0 amide bonds. The Balaban J connectivity index is 2.86. The number of aliphatic hydroxyl groups is 1. The Kier molecular flexibility index (Phi) is 3.67. The van der Waals surface area contributed by atoms with Gasteiger partial charge in [-0.2, -0.15) is 0 Å². The highest BCUT2D eigenvalue weighted by Crippen LogP contribution is 2.23. The normalized spacial score (nSPS) is 15.1. The second-order valence-corrected chi connectivity index (χ2v) is 3.73. The van der Waals surface area contributed by atoms with Crippen molar-refractivity contribution in [1.82, 2.24) is 0 Å². The molecule has 0 aliphatic heterocycles. The van der Waals surface area contributed by atoms with E-state index in [0.29, 0.717) is 13.2 Å². The molecular formula is C12H18O2. The molecule has 0 aromatic heterocycles. The summed E-state index contributed by atoms with van der Waals surface area (Å²) in [6, 6.07) is 7.84.